The van der Waals surface area contributed by atoms with Crippen LogP contribution in [0.1, 0.15) is 28.4 Å². The van der Waals surface area contributed by atoms with Gasteiger partial charge in [0.15, 0.2) is 5.78 Å². The smallest absolute Gasteiger partial charge is 0.335 e. The number of ketones is 1. The van der Waals surface area contributed by atoms with E-state index in [4.69, 9.17) is 16.3 Å². The number of halogens is 2. The zero-order valence-corrected chi connectivity index (χ0v) is 16.8. The summed E-state index contributed by atoms with van der Waals surface area (Å²) in [7, 11) is 0. The van der Waals surface area contributed by atoms with Gasteiger partial charge in [-0.2, -0.15) is 0 Å². The van der Waals surface area contributed by atoms with Gasteiger partial charge in [0.2, 0.25) is 8.54 Å². The molecule has 25 heavy (non-hydrogen) atoms. The largest absolute Gasteiger partial charge is 0.464 e. The minimum atomic E-state index is -1.50. The summed E-state index contributed by atoms with van der Waals surface area (Å²) >= 11 is 8.86. The quantitative estimate of drug-likeness (QED) is 0.211. The van der Waals surface area contributed by atoms with Crippen molar-refractivity contribution in [3.63, 3.8) is 0 Å². The van der Waals surface area contributed by atoms with Crippen LogP contribution in [0, 0.1) is 0 Å². The molecule has 1 aliphatic heterocycles. The van der Waals surface area contributed by atoms with Crippen molar-refractivity contribution in [2.24, 2.45) is 0 Å². The van der Waals surface area contributed by atoms with Crippen LogP contribution in [0.5, 0.6) is 0 Å². The van der Waals surface area contributed by atoms with E-state index < -0.39 is 9.39 Å². The molecule has 0 N–H and O–H groups in total. The van der Waals surface area contributed by atoms with Crippen LogP contribution in [0.3, 0.4) is 0 Å². The first-order valence-electron chi connectivity index (χ1n) is 7.41. The van der Waals surface area contributed by atoms with Gasteiger partial charge in [0, 0.05) is 26.6 Å². The number of fused-ring (bicyclic) bond motifs is 1. The van der Waals surface area contributed by atoms with Crippen molar-refractivity contribution < 1.29 is 19.1 Å². The Morgan fingerprint density at radius 1 is 1.24 bits per heavy atom. The van der Waals surface area contributed by atoms with Crippen LogP contribution < -0.4 is 0 Å². The van der Waals surface area contributed by atoms with Gasteiger partial charge in [-0.15, -0.1) is 0 Å². The van der Waals surface area contributed by atoms with Crippen LogP contribution in [0.25, 0.3) is 0 Å². The summed E-state index contributed by atoms with van der Waals surface area (Å²) in [5.74, 6) is -0.892. The molecule has 0 spiro atoms. The fourth-order valence-electron chi connectivity index (χ4n) is 2.57. The van der Waals surface area contributed by atoms with Crippen molar-refractivity contribution in [1.29, 1.82) is 0 Å². The van der Waals surface area contributed by atoms with E-state index in [1.807, 2.05) is 6.07 Å². The maximum atomic E-state index is 12.9. The van der Waals surface area contributed by atoms with Crippen molar-refractivity contribution in [1.82, 2.24) is 0 Å². The number of alkyl halides is 1. The molecule has 0 saturated heterocycles. The molecule has 4 nitrogen and oxygen atoms in total. The third-order valence-corrected chi connectivity index (χ3v) is 6.97. The molecule has 1 aliphatic rings. The third-order valence-electron chi connectivity index (χ3n) is 3.74. The van der Waals surface area contributed by atoms with Crippen molar-refractivity contribution in [2.45, 2.75) is 15.2 Å². The second kappa shape index (κ2) is 7.09. The SMILES string of the molecule is CCOC(=O)C1(I)C(=O)Sc2c(C(=O)c3ccccc3)cc(Cl)cc21. The molecule has 0 aromatic heterocycles. The number of carbonyl (C=O) groups excluding carboxylic acids is 3. The lowest BCUT2D eigenvalue weighted by Crippen LogP contribution is -2.35. The Balaban J connectivity index is 2.16. The molecule has 2 aromatic carbocycles. The van der Waals surface area contributed by atoms with E-state index in [-0.39, 0.29) is 17.5 Å². The fourth-order valence-corrected chi connectivity index (χ4v) is 4.99. The van der Waals surface area contributed by atoms with Crippen LogP contribution in [-0.4, -0.2) is 23.5 Å². The lowest BCUT2D eigenvalue weighted by atomic mass is 9.95. The monoisotopic (exact) mass is 486 g/mol. The van der Waals surface area contributed by atoms with Crippen LogP contribution in [0.15, 0.2) is 47.4 Å². The van der Waals surface area contributed by atoms with Gasteiger partial charge in [0.25, 0.3) is 0 Å². The second-order valence-electron chi connectivity index (χ2n) is 5.29. The van der Waals surface area contributed by atoms with Gasteiger partial charge in [-0.1, -0.05) is 64.5 Å². The van der Waals surface area contributed by atoms with Gasteiger partial charge in [-0.3, -0.25) is 9.59 Å². The predicted octanol–water partition coefficient (Wildman–Crippen LogP) is 4.40. The van der Waals surface area contributed by atoms with Gasteiger partial charge >= 0.3 is 5.97 Å². The standard InChI is InChI=1S/C18H12ClIO4S/c1-2-24-16(22)18(20)13-9-11(19)8-12(15(13)25-17(18)23)14(21)10-6-4-3-5-7-10/h3-9H,2H2,1H3. The normalized spacial score (nSPS) is 18.8. The Kier molecular flexibility index (Phi) is 5.22. The Morgan fingerprint density at radius 2 is 1.92 bits per heavy atom. The number of hydrogen-bond donors (Lipinski definition) is 0. The second-order valence-corrected chi connectivity index (χ2v) is 8.33. The lowest BCUT2D eigenvalue weighted by Gasteiger charge is -2.19. The first-order valence-corrected chi connectivity index (χ1v) is 9.69. The van der Waals surface area contributed by atoms with Crippen LogP contribution in [0.4, 0.5) is 0 Å². The van der Waals surface area contributed by atoms with E-state index in [9.17, 15) is 14.4 Å². The average molecular weight is 487 g/mol. The van der Waals surface area contributed by atoms with E-state index >= 15 is 0 Å². The zero-order valence-electron chi connectivity index (χ0n) is 13.0. The average Bonchev–Trinajstić information content (AvgIpc) is 2.87. The summed E-state index contributed by atoms with van der Waals surface area (Å²) in [6.07, 6.45) is 0. The molecule has 3 rings (SSSR count). The van der Waals surface area contributed by atoms with Crippen LogP contribution in [-0.2, 0) is 17.7 Å². The van der Waals surface area contributed by atoms with Gasteiger partial charge in [-0.25, -0.2) is 4.79 Å². The molecule has 7 heteroatoms. The molecule has 0 radical (unpaired) electrons. The minimum Gasteiger partial charge on any atom is -0.464 e. The maximum Gasteiger partial charge on any atom is 0.335 e. The Morgan fingerprint density at radius 3 is 2.56 bits per heavy atom. The van der Waals surface area contributed by atoms with Gasteiger partial charge < -0.3 is 4.74 Å². The van der Waals surface area contributed by atoms with Crippen molar-refractivity contribution in [3.05, 3.63) is 64.2 Å². The minimum absolute atomic E-state index is 0.160. The highest BCUT2D eigenvalue weighted by Gasteiger charge is 2.54. The van der Waals surface area contributed by atoms with Crippen molar-refractivity contribution >= 4 is 62.8 Å². The maximum absolute atomic E-state index is 12.9. The molecule has 0 saturated carbocycles. The number of benzene rings is 2. The molecule has 1 unspecified atom stereocenters. The lowest BCUT2D eigenvalue weighted by molar-refractivity contribution is -0.147. The predicted molar refractivity (Wildman–Crippen MR) is 105 cm³/mol. The highest BCUT2D eigenvalue weighted by atomic mass is 127. The molecular formula is C18H12ClIO4S. The topological polar surface area (TPSA) is 60.4 Å². The first kappa shape index (κ1) is 18.4. The number of carbonyl (C=O) groups is 3. The number of ether oxygens (including phenoxy) is 1. The number of thioether (sulfide) groups is 1. The van der Waals surface area contributed by atoms with Gasteiger partial charge in [-0.05, 0) is 30.8 Å². The Labute approximate surface area is 167 Å². The molecule has 0 bridgehead atoms. The van der Waals surface area contributed by atoms with Crippen molar-refractivity contribution in [2.75, 3.05) is 6.61 Å². The summed E-state index contributed by atoms with van der Waals surface area (Å²) in [5, 5.41) is -0.0930. The summed E-state index contributed by atoms with van der Waals surface area (Å²) in [6.45, 7) is 1.83. The highest BCUT2D eigenvalue weighted by Crippen LogP contribution is 2.52. The highest BCUT2D eigenvalue weighted by molar-refractivity contribution is 14.1. The van der Waals surface area contributed by atoms with E-state index in [2.05, 4.69) is 0 Å². The summed E-state index contributed by atoms with van der Waals surface area (Å²) in [5.41, 5.74) is 1.21. The van der Waals surface area contributed by atoms with Crippen LogP contribution >= 0.6 is 46.0 Å². The molecule has 0 fully saturated rings. The van der Waals surface area contributed by atoms with E-state index in [0.717, 1.165) is 11.8 Å². The molecule has 1 heterocycles. The molecule has 2 aromatic rings. The third kappa shape index (κ3) is 3.11. The summed E-state index contributed by atoms with van der Waals surface area (Å²) < 4.78 is 3.58. The van der Waals surface area contributed by atoms with Gasteiger partial charge in [0.05, 0.1) is 6.61 Å². The molecule has 0 amide bonds. The van der Waals surface area contributed by atoms with E-state index in [0.29, 0.717) is 26.6 Å². The van der Waals surface area contributed by atoms with E-state index in [1.165, 1.54) is 6.07 Å². The molecule has 128 valence electrons. The Bertz CT molecular complexity index is 884. The summed E-state index contributed by atoms with van der Waals surface area (Å²) in [4.78, 5) is 38.3. The summed E-state index contributed by atoms with van der Waals surface area (Å²) in [6, 6.07) is 11.8. The number of rotatable bonds is 4. The van der Waals surface area contributed by atoms with Gasteiger partial charge in [0.1, 0.15) is 0 Å². The zero-order chi connectivity index (χ0) is 18.2. The number of esters is 1. The molecule has 1 atom stereocenters. The van der Waals surface area contributed by atoms with Crippen molar-refractivity contribution in [3.8, 4) is 0 Å². The molecule has 0 aliphatic carbocycles. The Hall–Kier alpha value is -1.38. The van der Waals surface area contributed by atoms with Crippen LogP contribution in [0.2, 0.25) is 5.02 Å². The molecular weight excluding hydrogens is 475 g/mol. The van der Waals surface area contributed by atoms with E-state index in [1.54, 1.807) is 59.8 Å². The first-order chi connectivity index (χ1) is 11.9. The fraction of sp³-hybridized carbons (Fsp3) is 0.167. The number of hydrogen-bond acceptors (Lipinski definition) is 5.